The fraction of sp³-hybridized carbons (Fsp3) is 0.562. The number of unbranched alkanes of at least 4 members (excludes halogenated alkanes) is 1. The van der Waals surface area contributed by atoms with Crippen LogP contribution in [0.4, 0.5) is 0 Å². The first kappa shape index (κ1) is 13.1. The summed E-state index contributed by atoms with van der Waals surface area (Å²) in [6.07, 6.45) is 12.4. The fourth-order valence-corrected chi connectivity index (χ4v) is 2.54. The quantitative estimate of drug-likeness (QED) is 0.654. The average Bonchev–Trinajstić information content (AvgIpc) is 2.57. The van der Waals surface area contributed by atoms with Crippen LogP contribution in [0.15, 0.2) is 12.1 Å². The van der Waals surface area contributed by atoms with E-state index in [2.05, 4.69) is 30.0 Å². The van der Waals surface area contributed by atoms with Gasteiger partial charge in [-0.05, 0) is 50.2 Å². The first-order valence-electron chi connectivity index (χ1n) is 6.89. The third-order valence-electron chi connectivity index (χ3n) is 3.69. The zero-order valence-corrected chi connectivity index (χ0v) is 11.1. The van der Waals surface area contributed by atoms with E-state index in [1.165, 1.54) is 0 Å². The van der Waals surface area contributed by atoms with Crippen molar-refractivity contribution in [2.45, 2.75) is 57.5 Å². The van der Waals surface area contributed by atoms with E-state index in [0.29, 0.717) is 6.42 Å². The summed E-state index contributed by atoms with van der Waals surface area (Å²) in [6.45, 7) is 2.17. The van der Waals surface area contributed by atoms with Gasteiger partial charge in [0.1, 0.15) is 0 Å². The van der Waals surface area contributed by atoms with Gasteiger partial charge in [0.05, 0.1) is 5.69 Å². The third-order valence-corrected chi connectivity index (χ3v) is 3.69. The molecule has 18 heavy (non-hydrogen) atoms. The average molecular weight is 243 g/mol. The van der Waals surface area contributed by atoms with Crippen LogP contribution in [0.3, 0.4) is 0 Å². The fourth-order valence-electron chi connectivity index (χ4n) is 2.54. The minimum Gasteiger partial charge on any atom is -0.372 e. The molecular formula is C16H21NO. The van der Waals surface area contributed by atoms with Crippen molar-refractivity contribution >= 4 is 0 Å². The van der Waals surface area contributed by atoms with Gasteiger partial charge in [-0.3, -0.25) is 4.98 Å². The Hall–Kier alpha value is -1.33. The molecule has 2 rings (SSSR count). The van der Waals surface area contributed by atoms with E-state index in [1.807, 2.05) is 0 Å². The molecule has 1 aliphatic carbocycles. The van der Waals surface area contributed by atoms with Crippen LogP contribution < -0.4 is 0 Å². The Labute approximate surface area is 109 Å². The van der Waals surface area contributed by atoms with Crippen molar-refractivity contribution in [3.05, 3.63) is 29.1 Å². The van der Waals surface area contributed by atoms with Crippen LogP contribution in [0.1, 0.15) is 56.0 Å². The number of nitrogens with zero attached hydrogens (tertiary/aromatic N) is 1. The molecule has 1 heterocycles. The molecule has 1 aromatic heterocycles. The van der Waals surface area contributed by atoms with Crippen molar-refractivity contribution in [2.75, 3.05) is 0 Å². The predicted molar refractivity (Wildman–Crippen MR) is 73.1 cm³/mol. The highest BCUT2D eigenvalue weighted by atomic mass is 16.3. The molecule has 96 valence electrons. The first-order valence-corrected chi connectivity index (χ1v) is 6.89. The Morgan fingerprint density at radius 2 is 2.28 bits per heavy atom. The Balaban J connectivity index is 2.38. The summed E-state index contributed by atoms with van der Waals surface area (Å²) in [5.41, 5.74) is 1.74. The van der Waals surface area contributed by atoms with E-state index in [0.717, 1.165) is 55.5 Å². The number of rotatable bonds is 3. The maximum Gasteiger partial charge on any atom is 0.167 e. The summed E-state index contributed by atoms with van der Waals surface area (Å²) in [4.78, 5) is 4.64. The lowest BCUT2D eigenvalue weighted by Crippen LogP contribution is -2.25. The van der Waals surface area contributed by atoms with Gasteiger partial charge in [-0.25, -0.2) is 0 Å². The van der Waals surface area contributed by atoms with Crippen molar-refractivity contribution in [1.82, 2.24) is 4.98 Å². The largest absolute Gasteiger partial charge is 0.372 e. The number of aryl methyl sites for hydroxylation is 2. The normalized spacial score (nSPS) is 22.9. The van der Waals surface area contributed by atoms with Crippen LogP contribution in [-0.2, 0) is 18.4 Å². The molecular weight excluding hydrogens is 222 g/mol. The molecule has 2 nitrogen and oxygen atoms in total. The van der Waals surface area contributed by atoms with Crippen LogP contribution >= 0.6 is 0 Å². The highest BCUT2D eigenvalue weighted by Gasteiger charge is 2.32. The molecule has 1 atom stereocenters. The predicted octanol–water partition coefficient (Wildman–Crippen LogP) is 2.97. The number of pyridine rings is 1. The maximum atomic E-state index is 10.6. The molecule has 0 amide bonds. The van der Waals surface area contributed by atoms with Gasteiger partial charge < -0.3 is 5.11 Å². The summed E-state index contributed by atoms with van der Waals surface area (Å²) >= 11 is 0. The van der Waals surface area contributed by atoms with E-state index < -0.39 is 5.60 Å². The number of aliphatic hydroxyl groups is 1. The van der Waals surface area contributed by atoms with Crippen LogP contribution in [0.5, 0.6) is 0 Å². The molecule has 0 saturated carbocycles. The van der Waals surface area contributed by atoms with Crippen LogP contribution in [0, 0.1) is 12.3 Å². The molecule has 0 radical (unpaired) electrons. The molecule has 2 heteroatoms. The van der Waals surface area contributed by atoms with Gasteiger partial charge in [0.2, 0.25) is 0 Å². The van der Waals surface area contributed by atoms with Gasteiger partial charge in [-0.2, -0.15) is 0 Å². The second-order valence-electron chi connectivity index (χ2n) is 5.13. The zero-order valence-electron chi connectivity index (χ0n) is 11.1. The lowest BCUT2D eigenvalue weighted by molar-refractivity contribution is 0.0850. The molecule has 0 aliphatic heterocycles. The molecule has 1 aliphatic rings. The number of fused-ring (bicyclic) bond motifs is 1. The second-order valence-corrected chi connectivity index (χ2v) is 5.13. The highest BCUT2D eigenvalue weighted by molar-refractivity contribution is 5.34. The van der Waals surface area contributed by atoms with E-state index in [9.17, 15) is 5.11 Å². The molecule has 0 fully saturated rings. The topological polar surface area (TPSA) is 33.1 Å². The van der Waals surface area contributed by atoms with Gasteiger partial charge in [0.25, 0.3) is 0 Å². The van der Waals surface area contributed by atoms with Crippen LogP contribution in [0.25, 0.3) is 0 Å². The Morgan fingerprint density at radius 1 is 1.44 bits per heavy atom. The van der Waals surface area contributed by atoms with Gasteiger partial charge in [0, 0.05) is 5.69 Å². The van der Waals surface area contributed by atoms with Crippen LogP contribution in [0.2, 0.25) is 0 Å². The van der Waals surface area contributed by atoms with Crippen molar-refractivity contribution in [2.24, 2.45) is 0 Å². The zero-order chi connectivity index (χ0) is 13.0. The highest BCUT2D eigenvalue weighted by Crippen LogP contribution is 2.32. The Kier molecular flexibility index (Phi) is 4.04. The number of hydrogen-bond donors (Lipinski definition) is 1. The summed E-state index contributed by atoms with van der Waals surface area (Å²) in [7, 11) is 0. The lowest BCUT2D eigenvalue weighted by atomic mass is 9.93. The second kappa shape index (κ2) is 5.54. The minimum atomic E-state index is -1.16. The SMILES string of the molecule is C#CC1(O)CCCCc2ccc(CCCC)nc21. The Bertz CT molecular complexity index is 461. The van der Waals surface area contributed by atoms with Crippen molar-refractivity contribution in [3.8, 4) is 12.3 Å². The smallest absolute Gasteiger partial charge is 0.167 e. The lowest BCUT2D eigenvalue weighted by Gasteiger charge is -2.22. The molecule has 1 unspecified atom stereocenters. The van der Waals surface area contributed by atoms with Gasteiger partial charge in [0.15, 0.2) is 5.60 Å². The van der Waals surface area contributed by atoms with Crippen molar-refractivity contribution in [1.29, 1.82) is 0 Å². The maximum absolute atomic E-state index is 10.6. The van der Waals surface area contributed by atoms with E-state index in [4.69, 9.17) is 6.42 Å². The standard InChI is InChI=1S/C16H21NO/c1-3-5-9-14-11-10-13-8-6-7-12-16(18,4-2)15(13)17-14/h2,10-11,18H,3,5-9,12H2,1H3. The number of terminal acetylenes is 1. The van der Waals surface area contributed by atoms with Gasteiger partial charge in [-0.15, -0.1) is 6.42 Å². The van der Waals surface area contributed by atoms with Gasteiger partial charge in [-0.1, -0.05) is 25.3 Å². The summed E-state index contributed by atoms with van der Waals surface area (Å²) in [5, 5.41) is 10.6. The summed E-state index contributed by atoms with van der Waals surface area (Å²) < 4.78 is 0. The number of aromatic nitrogens is 1. The minimum absolute atomic E-state index is 0.626. The van der Waals surface area contributed by atoms with E-state index in [-0.39, 0.29) is 0 Å². The van der Waals surface area contributed by atoms with E-state index >= 15 is 0 Å². The molecule has 1 aromatic rings. The van der Waals surface area contributed by atoms with E-state index in [1.54, 1.807) is 0 Å². The monoisotopic (exact) mass is 243 g/mol. The third kappa shape index (κ3) is 2.57. The Morgan fingerprint density at radius 3 is 3.00 bits per heavy atom. The molecule has 0 bridgehead atoms. The van der Waals surface area contributed by atoms with Crippen molar-refractivity contribution in [3.63, 3.8) is 0 Å². The molecule has 1 N–H and O–H groups in total. The van der Waals surface area contributed by atoms with Gasteiger partial charge >= 0.3 is 0 Å². The summed E-state index contributed by atoms with van der Waals surface area (Å²) in [6, 6.07) is 4.18. The molecule has 0 aromatic carbocycles. The first-order chi connectivity index (χ1) is 8.69. The van der Waals surface area contributed by atoms with Crippen molar-refractivity contribution < 1.29 is 5.11 Å². The summed E-state index contributed by atoms with van der Waals surface area (Å²) in [5.74, 6) is 2.55. The molecule has 0 saturated heterocycles. The molecule has 0 spiro atoms. The number of hydrogen-bond acceptors (Lipinski definition) is 2. The van der Waals surface area contributed by atoms with Crippen LogP contribution in [-0.4, -0.2) is 10.1 Å².